The lowest BCUT2D eigenvalue weighted by molar-refractivity contribution is 0.0453. The summed E-state index contributed by atoms with van der Waals surface area (Å²) in [5, 5.41) is 6.50. The van der Waals surface area contributed by atoms with Gasteiger partial charge in [0.2, 0.25) is 0 Å². The Bertz CT molecular complexity index is 744. The van der Waals surface area contributed by atoms with E-state index in [1.54, 1.807) is 19.2 Å². The molecule has 0 fully saturated rings. The number of hydrogen-bond acceptors (Lipinski definition) is 3. The number of benzene rings is 2. The second-order valence-corrected chi connectivity index (χ2v) is 6.26. The number of hydrogen-bond donors (Lipinski definition) is 2. The maximum Gasteiger partial charge on any atom is 0.191 e. The maximum atomic E-state index is 13.7. The van der Waals surface area contributed by atoms with Crippen LogP contribution in [0.5, 0.6) is 0 Å². The lowest BCUT2D eigenvalue weighted by atomic mass is 10.1. The van der Waals surface area contributed by atoms with Crippen LogP contribution in [0.4, 0.5) is 4.39 Å². The first-order chi connectivity index (χ1) is 13.7. The molecule has 0 spiro atoms. The number of halogens is 2. The molecule has 2 N–H and O–H groups in total. The average molecular weight is 515 g/mol. The second-order valence-electron chi connectivity index (χ2n) is 6.26. The van der Waals surface area contributed by atoms with E-state index in [-0.39, 0.29) is 29.8 Å². The van der Waals surface area contributed by atoms with Gasteiger partial charge >= 0.3 is 0 Å². The summed E-state index contributed by atoms with van der Waals surface area (Å²) in [4.78, 5) is 4.22. The molecule has 7 heteroatoms. The third kappa shape index (κ3) is 10.0. The van der Waals surface area contributed by atoms with Gasteiger partial charge in [0.25, 0.3) is 0 Å². The molecule has 0 saturated carbocycles. The van der Waals surface area contributed by atoms with Gasteiger partial charge in [0.1, 0.15) is 5.82 Å². The number of nitrogens with zero attached hydrogens (tertiary/aromatic N) is 1. The summed E-state index contributed by atoms with van der Waals surface area (Å²) in [6.45, 7) is 5.71. The van der Waals surface area contributed by atoms with E-state index in [4.69, 9.17) is 9.47 Å². The van der Waals surface area contributed by atoms with Crippen molar-refractivity contribution in [1.82, 2.24) is 10.6 Å². The Morgan fingerprint density at radius 3 is 2.52 bits per heavy atom. The van der Waals surface area contributed by atoms with Crippen molar-refractivity contribution in [3.8, 4) is 0 Å². The normalized spacial score (nSPS) is 11.1. The molecule has 160 valence electrons. The standard InChI is InChI=1S/C22H30FN3O2.HI/c1-3-27-13-14-28-17-19-8-6-7-18(15-19)16-26-22(24-2)25-12-11-20-9-4-5-10-21(20)23;/h4-10,15H,3,11-14,16-17H2,1-2H3,(H2,24,25,26);1H. The van der Waals surface area contributed by atoms with Crippen LogP contribution in [0.1, 0.15) is 23.6 Å². The van der Waals surface area contributed by atoms with E-state index in [1.807, 2.05) is 25.1 Å². The largest absolute Gasteiger partial charge is 0.379 e. The van der Waals surface area contributed by atoms with Crippen molar-refractivity contribution in [2.24, 2.45) is 4.99 Å². The Kier molecular flexibility index (Phi) is 13.3. The van der Waals surface area contributed by atoms with Crippen LogP contribution in [0.2, 0.25) is 0 Å². The van der Waals surface area contributed by atoms with Gasteiger partial charge in [0.15, 0.2) is 5.96 Å². The van der Waals surface area contributed by atoms with Crippen molar-refractivity contribution in [3.05, 3.63) is 71.0 Å². The minimum atomic E-state index is -0.174. The molecule has 0 heterocycles. The van der Waals surface area contributed by atoms with E-state index in [2.05, 4.69) is 27.8 Å². The molecule has 0 aliphatic rings. The Morgan fingerprint density at radius 2 is 1.76 bits per heavy atom. The van der Waals surface area contributed by atoms with Gasteiger partial charge in [-0.25, -0.2) is 4.39 Å². The summed E-state index contributed by atoms with van der Waals surface area (Å²) in [6, 6.07) is 15.1. The average Bonchev–Trinajstić information content (AvgIpc) is 2.72. The number of nitrogens with one attached hydrogen (secondary N) is 2. The highest BCUT2D eigenvalue weighted by Crippen LogP contribution is 2.07. The van der Waals surface area contributed by atoms with Gasteiger partial charge < -0.3 is 20.1 Å². The second kappa shape index (κ2) is 15.2. The first-order valence-corrected chi connectivity index (χ1v) is 9.64. The highest BCUT2D eigenvalue weighted by molar-refractivity contribution is 14.0. The van der Waals surface area contributed by atoms with Crippen molar-refractivity contribution in [2.75, 3.05) is 33.4 Å². The maximum absolute atomic E-state index is 13.7. The zero-order valence-corrected chi connectivity index (χ0v) is 19.4. The van der Waals surface area contributed by atoms with Crippen molar-refractivity contribution in [3.63, 3.8) is 0 Å². The molecule has 2 aromatic carbocycles. The predicted octanol–water partition coefficient (Wildman–Crippen LogP) is 3.90. The number of rotatable bonds is 11. The van der Waals surface area contributed by atoms with Crippen molar-refractivity contribution < 1.29 is 13.9 Å². The van der Waals surface area contributed by atoms with Gasteiger partial charge in [-0.15, -0.1) is 24.0 Å². The molecule has 0 amide bonds. The van der Waals surface area contributed by atoms with Crippen LogP contribution in [0.15, 0.2) is 53.5 Å². The summed E-state index contributed by atoms with van der Waals surface area (Å²) in [5.74, 6) is 0.516. The molecule has 0 atom stereocenters. The van der Waals surface area contributed by atoms with E-state index in [0.717, 1.165) is 11.1 Å². The van der Waals surface area contributed by atoms with Crippen molar-refractivity contribution in [1.29, 1.82) is 0 Å². The molecular formula is C22H31FIN3O2. The molecule has 0 aliphatic heterocycles. The molecule has 0 aliphatic carbocycles. The molecule has 0 bridgehead atoms. The van der Waals surface area contributed by atoms with E-state index < -0.39 is 0 Å². The van der Waals surface area contributed by atoms with Gasteiger partial charge in [-0.2, -0.15) is 0 Å². The number of aliphatic imine (C=N–C) groups is 1. The topological polar surface area (TPSA) is 54.9 Å². The third-order valence-corrected chi connectivity index (χ3v) is 4.16. The van der Waals surface area contributed by atoms with E-state index in [9.17, 15) is 4.39 Å². The van der Waals surface area contributed by atoms with Crippen molar-refractivity contribution >= 4 is 29.9 Å². The minimum absolute atomic E-state index is 0. The van der Waals surface area contributed by atoms with Gasteiger partial charge in [-0.05, 0) is 36.1 Å². The van der Waals surface area contributed by atoms with Crippen LogP contribution in [-0.4, -0.2) is 39.4 Å². The molecule has 5 nitrogen and oxygen atoms in total. The lowest BCUT2D eigenvalue weighted by Crippen LogP contribution is -2.37. The van der Waals surface area contributed by atoms with Crippen LogP contribution in [0.25, 0.3) is 0 Å². The van der Waals surface area contributed by atoms with Crippen LogP contribution in [0.3, 0.4) is 0 Å². The molecule has 0 aromatic heterocycles. The zero-order chi connectivity index (χ0) is 20.0. The SMILES string of the molecule is CCOCCOCc1cccc(CNC(=NC)NCCc2ccccc2F)c1.I. The quantitative estimate of drug-likeness (QED) is 0.206. The summed E-state index contributed by atoms with van der Waals surface area (Å²) in [6.07, 6.45) is 0.599. The molecule has 0 unspecified atom stereocenters. The van der Waals surface area contributed by atoms with Crippen LogP contribution in [0, 0.1) is 5.82 Å². The summed E-state index contributed by atoms with van der Waals surface area (Å²) >= 11 is 0. The minimum Gasteiger partial charge on any atom is -0.379 e. The highest BCUT2D eigenvalue weighted by atomic mass is 127. The van der Waals surface area contributed by atoms with E-state index in [1.165, 1.54) is 6.07 Å². The fourth-order valence-electron chi connectivity index (χ4n) is 2.70. The lowest BCUT2D eigenvalue weighted by Gasteiger charge is -2.13. The summed E-state index contributed by atoms with van der Waals surface area (Å²) in [7, 11) is 1.72. The first-order valence-electron chi connectivity index (χ1n) is 9.64. The fraction of sp³-hybridized carbons (Fsp3) is 0.409. The predicted molar refractivity (Wildman–Crippen MR) is 126 cm³/mol. The van der Waals surface area contributed by atoms with Gasteiger partial charge in [0, 0.05) is 26.7 Å². The van der Waals surface area contributed by atoms with Gasteiger partial charge in [-0.1, -0.05) is 42.5 Å². The molecular weight excluding hydrogens is 484 g/mol. The Hall–Kier alpha value is -1.71. The fourth-order valence-corrected chi connectivity index (χ4v) is 2.70. The number of guanidine groups is 1. The monoisotopic (exact) mass is 515 g/mol. The Labute approximate surface area is 190 Å². The Balaban J connectivity index is 0.00000420. The molecule has 0 radical (unpaired) electrons. The zero-order valence-electron chi connectivity index (χ0n) is 17.1. The van der Waals surface area contributed by atoms with Crippen molar-refractivity contribution in [2.45, 2.75) is 26.5 Å². The smallest absolute Gasteiger partial charge is 0.191 e. The van der Waals surface area contributed by atoms with E-state index >= 15 is 0 Å². The van der Waals surface area contributed by atoms with Gasteiger partial charge in [0.05, 0.1) is 19.8 Å². The van der Waals surface area contributed by atoms with Gasteiger partial charge in [-0.3, -0.25) is 4.99 Å². The molecule has 2 rings (SSSR count). The molecule has 29 heavy (non-hydrogen) atoms. The van der Waals surface area contributed by atoms with E-state index in [0.29, 0.717) is 57.5 Å². The first kappa shape index (κ1) is 25.3. The molecule has 0 saturated heterocycles. The number of ether oxygens (including phenoxy) is 2. The summed E-state index contributed by atoms with van der Waals surface area (Å²) in [5.41, 5.74) is 2.96. The molecule has 2 aromatic rings. The highest BCUT2D eigenvalue weighted by Gasteiger charge is 2.03. The van der Waals surface area contributed by atoms with Crippen LogP contribution in [-0.2, 0) is 29.0 Å². The Morgan fingerprint density at radius 1 is 1.00 bits per heavy atom. The van der Waals surface area contributed by atoms with Crippen LogP contribution >= 0.6 is 24.0 Å². The van der Waals surface area contributed by atoms with Crippen LogP contribution < -0.4 is 10.6 Å². The third-order valence-electron chi connectivity index (χ3n) is 4.16. The summed E-state index contributed by atoms with van der Waals surface area (Å²) < 4.78 is 24.5.